The SMILES string of the molecule is COC(=O)C1=C2Nc3ccccc3[C@]23CCN(Cc2ccccc2)[C@@H]3C[C@@H]1C. The Morgan fingerprint density at radius 2 is 1.93 bits per heavy atom. The van der Waals surface area contributed by atoms with Gasteiger partial charge in [0.1, 0.15) is 0 Å². The molecule has 1 fully saturated rings. The van der Waals surface area contributed by atoms with Crippen LogP contribution in [0.5, 0.6) is 0 Å². The minimum absolute atomic E-state index is 0.137. The highest BCUT2D eigenvalue weighted by Gasteiger charge is 2.59. The number of benzene rings is 2. The van der Waals surface area contributed by atoms with Gasteiger partial charge in [-0.15, -0.1) is 0 Å². The van der Waals surface area contributed by atoms with Gasteiger partial charge in [-0.05, 0) is 36.0 Å². The number of esters is 1. The number of likely N-dealkylation sites (tertiary alicyclic amines) is 1. The summed E-state index contributed by atoms with van der Waals surface area (Å²) in [6, 6.07) is 19.6. The second kappa shape index (κ2) is 6.49. The zero-order valence-electron chi connectivity index (χ0n) is 16.4. The second-order valence-electron chi connectivity index (χ2n) is 8.28. The minimum atomic E-state index is -0.192. The fourth-order valence-electron chi connectivity index (χ4n) is 5.70. The fraction of sp³-hybridized carbons (Fsp3) is 0.375. The molecule has 0 radical (unpaired) electrons. The van der Waals surface area contributed by atoms with Gasteiger partial charge in [0.25, 0.3) is 0 Å². The van der Waals surface area contributed by atoms with Crippen LogP contribution in [0.4, 0.5) is 5.69 Å². The molecule has 2 aromatic rings. The first kappa shape index (κ1) is 17.5. The number of methoxy groups -OCH3 is 1. The van der Waals surface area contributed by atoms with Crippen molar-refractivity contribution in [2.75, 3.05) is 19.0 Å². The number of hydrogen-bond acceptors (Lipinski definition) is 4. The molecule has 0 amide bonds. The summed E-state index contributed by atoms with van der Waals surface area (Å²) >= 11 is 0. The van der Waals surface area contributed by atoms with Gasteiger partial charge >= 0.3 is 5.97 Å². The summed E-state index contributed by atoms with van der Waals surface area (Å²) in [5.41, 5.74) is 5.59. The van der Waals surface area contributed by atoms with Crippen LogP contribution in [0.25, 0.3) is 0 Å². The Labute approximate surface area is 166 Å². The molecule has 4 nitrogen and oxygen atoms in total. The number of carbonyl (C=O) groups excluding carboxylic acids is 1. The average Bonchev–Trinajstić information content (AvgIpc) is 3.24. The Balaban J connectivity index is 1.63. The summed E-state index contributed by atoms with van der Waals surface area (Å²) in [5.74, 6) is -0.0269. The van der Waals surface area contributed by atoms with Crippen LogP contribution >= 0.6 is 0 Å². The van der Waals surface area contributed by atoms with Crippen LogP contribution < -0.4 is 5.32 Å². The highest BCUT2D eigenvalue weighted by Crippen LogP contribution is 2.58. The molecule has 2 aromatic carbocycles. The molecule has 2 aliphatic heterocycles. The monoisotopic (exact) mass is 374 g/mol. The van der Waals surface area contributed by atoms with Crippen molar-refractivity contribution in [1.29, 1.82) is 0 Å². The van der Waals surface area contributed by atoms with Crippen molar-refractivity contribution in [3.05, 3.63) is 77.0 Å². The zero-order valence-corrected chi connectivity index (χ0v) is 16.4. The molecular weight excluding hydrogens is 348 g/mol. The van der Waals surface area contributed by atoms with Gasteiger partial charge in [0, 0.05) is 30.5 Å². The molecule has 144 valence electrons. The summed E-state index contributed by atoms with van der Waals surface area (Å²) in [5, 5.41) is 3.63. The number of ether oxygens (including phenoxy) is 1. The molecule has 0 saturated carbocycles. The van der Waals surface area contributed by atoms with Gasteiger partial charge in [-0.2, -0.15) is 0 Å². The normalized spacial score (nSPS) is 28.4. The number of nitrogens with zero attached hydrogens (tertiary/aromatic N) is 1. The van der Waals surface area contributed by atoms with Crippen molar-refractivity contribution in [3.63, 3.8) is 0 Å². The molecule has 4 heteroatoms. The number of rotatable bonds is 3. The van der Waals surface area contributed by atoms with E-state index in [2.05, 4.69) is 71.7 Å². The van der Waals surface area contributed by atoms with Crippen molar-refractivity contribution in [3.8, 4) is 0 Å². The van der Waals surface area contributed by atoms with E-state index in [0.717, 1.165) is 42.9 Å². The maximum Gasteiger partial charge on any atom is 0.335 e. The third-order valence-corrected chi connectivity index (χ3v) is 6.89. The van der Waals surface area contributed by atoms with E-state index in [4.69, 9.17) is 4.74 Å². The third-order valence-electron chi connectivity index (χ3n) is 6.89. The fourth-order valence-corrected chi connectivity index (χ4v) is 5.70. The van der Waals surface area contributed by atoms with Gasteiger partial charge < -0.3 is 10.1 Å². The number of carbonyl (C=O) groups is 1. The third kappa shape index (κ3) is 2.37. The Kier molecular flexibility index (Phi) is 4.06. The number of para-hydroxylation sites is 1. The van der Waals surface area contributed by atoms with Crippen molar-refractivity contribution >= 4 is 11.7 Å². The standard InChI is InChI=1S/C24H26N2O2/c1-16-14-20-24(12-13-26(20)15-17-8-4-3-5-9-17)18-10-6-7-11-19(18)25-22(24)21(16)23(27)28-2/h3-11,16,20,25H,12-15H2,1-2H3/t16-,20+,24-/m0/s1. The molecule has 1 aliphatic carbocycles. The minimum Gasteiger partial charge on any atom is -0.466 e. The smallest absolute Gasteiger partial charge is 0.335 e. The zero-order chi connectivity index (χ0) is 19.3. The lowest BCUT2D eigenvalue weighted by Crippen LogP contribution is -2.48. The summed E-state index contributed by atoms with van der Waals surface area (Å²) in [6.45, 7) is 4.14. The summed E-state index contributed by atoms with van der Waals surface area (Å²) in [4.78, 5) is 15.3. The molecule has 3 atom stereocenters. The number of fused-ring (bicyclic) bond motifs is 1. The van der Waals surface area contributed by atoms with Gasteiger partial charge in [-0.25, -0.2) is 4.79 Å². The first-order valence-corrected chi connectivity index (χ1v) is 10.1. The van der Waals surface area contributed by atoms with Crippen LogP contribution in [0.2, 0.25) is 0 Å². The van der Waals surface area contributed by atoms with E-state index in [9.17, 15) is 4.79 Å². The van der Waals surface area contributed by atoms with Crippen LogP contribution in [0.1, 0.15) is 30.9 Å². The first-order valence-electron chi connectivity index (χ1n) is 10.1. The van der Waals surface area contributed by atoms with Crippen molar-refractivity contribution < 1.29 is 9.53 Å². The average molecular weight is 374 g/mol. The van der Waals surface area contributed by atoms with Gasteiger partial charge in [0.05, 0.1) is 18.1 Å². The number of hydrogen-bond donors (Lipinski definition) is 1. The van der Waals surface area contributed by atoms with E-state index in [1.807, 2.05) is 0 Å². The Hall–Kier alpha value is -2.59. The molecule has 2 heterocycles. The molecule has 3 aliphatic rings. The van der Waals surface area contributed by atoms with Crippen LogP contribution in [-0.2, 0) is 21.5 Å². The molecule has 1 N–H and O–H groups in total. The van der Waals surface area contributed by atoms with E-state index < -0.39 is 0 Å². The maximum atomic E-state index is 12.7. The van der Waals surface area contributed by atoms with E-state index in [-0.39, 0.29) is 17.3 Å². The summed E-state index contributed by atoms with van der Waals surface area (Å²) < 4.78 is 5.18. The van der Waals surface area contributed by atoms with Gasteiger partial charge in [0.2, 0.25) is 0 Å². The Bertz CT molecular complexity index is 952. The number of nitrogens with one attached hydrogen (secondary N) is 1. The Morgan fingerprint density at radius 1 is 1.18 bits per heavy atom. The van der Waals surface area contributed by atoms with Gasteiger partial charge in [-0.3, -0.25) is 4.90 Å². The summed E-state index contributed by atoms with van der Waals surface area (Å²) in [7, 11) is 1.49. The highest BCUT2D eigenvalue weighted by molar-refractivity contribution is 5.93. The van der Waals surface area contributed by atoms with E-state index >= 15 is 0 Å². The molecule has 5 rings (SSSR count). The lowest BCUT2D eigenvalue weighted by molar-refractivity contribution is -0.137. The Morgan fingerprint density at radius 3 is 2.71 bits per heavy atom. The largest absolute Gasteiger partial charge is 0.466 e. The first-order chi connectivity index (χ1) is 13.6. The van der Waals surface area contributed by atoms with Crippen molar-refractivity contribution in [1.82, 2.24) is 4.90 Å². The summed E-state index contributed by atoms with van der Waals surface area (Å²) in [6.07, 6.45) is 1.99. The lowest BCUT2D eigenvalue weighted by Gasteiger charge is -2.43. The van der Waals surface area contributed by atoms with Crippen molar-refractivity contribution in [2.45, 2.75) is 37.8 Å². The predicted octanol–water partition coefficient (Wildman–Crippen LogP) is 4.09. The second-order valence-corrected chi connectivity index (χ2v) is 8.28. The van der Waals surface area contributed by atoms with Crippen molar-refractivity contribution in [2.24, 2.45) is 5.92 Å². The molecule has 0 aromatic heterocycles. The maximum absolute atomic E-state index is 12.7. The van der Waals surface area contributed by atoms with Crippen LogP contribution in [0, 0.1) is 5.92 Å². The van der Waals surface area contributed by atoms with Crippen LogP contribution in [0.3, 0.4) is 0 Å². The van der Waals surface area contributed by atoms with E-state index in [0.29, 0.717) is 6.04 Å². The van der Waals surface area contributed by atoms with E-state index in [1.165, 1.54) is 18.2 Å². The highest BCUT2D eigenvalue weighted by atomic mass is 16.5. The predicted molar refractivity (Wildman–Crippen MR) is 110 cm³/mol. The molecule has 0 bridgehead atoms. The molecule has 28 heavy (non-hydrogen) atoms. The van der Waals surface area contributed by atoms with E-state index in [1.54, 1.807) is 0 Å². The molecule has 1 spiro atoms. The van der Waals surface area contributed by atoms with Gasteiger partial charge in [0.15, 0.2) is 0 Å². The lowest BCUT2D eigenvalue weighted by atomic mass is 9.64. The number of anilines is 1. The molecule has 1 saturated heterocycles. The van der Waals surface area contributed by atoms with Gasteiger partial charge in [-0.1, -0.05) is 55.5 Å². The topological polar surface area (TPSA) is 41.6 Å². The molecular formula is C24H26N2O2. The quantitative estimate of drug-likeness (QED) is 0.822. The van der Waals surface area contributed by atoms with Crippen LogP contribution in [-0.4, -0.2) is 30.6 Å². The molecule has 0 unspecified atom stereocenters. The van der Waals surface area contributed by atoms with Crippen LogP contribution in [0.15, 0.2) is 65.9 Å².